The maximum absolute atomic E-state index is 13.5. The number of carbonyl (C=O) groups is 1. The first-order chi connectivity index (χ1) is 11.5. The molecule has 0 radical (unpaired) electrons. The molecule has 0 spiro atoms. The molecule has 1 aliphatic rings. The first kappa shape index (κ1) is 17.6. The summed E-state index contributed by atoms with van der Waals surface area (Å²) in [5, 5.41) is 4.19. The van der Waals surface area contributed by atoms with Crippen molar-refractivity contribution in [2.24, 2.45) is 5.92 Å². The average Bonchev–Trinajstić information content (AvgIpc) is 3.31. The Morgan fingerprint density at radius 1 is 1.21 bits per heavy atom. The van der Waals surface area contributed by atoms with Gasteiger partial charge in [0.1, 0.15) is 5.41 Å². The summed E-state index contributed by atoms with van der Waals surface area (Å²) < 4.78 is 0. The van der Waals surface area contributed by atoms with Crippen molar-refractivity contribution in [2.75, 3.05) is 27.2 Å². The summed E-state index contributed by atoms with van der Waals surface area (Å²) in [6, 6.07) is 8.95. The van der Waals surface area contributed by atoms with Crippen molar-refractivity contribution in [1.29, 1.82) is 0 Å². The van der Waals surface area contributed by atoms with Crippen LogP contribution in [0.2, 0.25) is 0 Å². The zero-order valence-electron chi connectivity index (χ0n) is 14.9. The summed E-state index contributed by atoms with van der Waals surface area (Å²) in [4.78, 5) is 20.2. The van der Waals surface area contributed by atoms with Crippen LogP contribution >= 0.6 is 22.7 Å². The van der Waals surface area contributed by atoms with Gasteiger partial charge in [-0.1, -0.05) is 12.1 Å². The summed E-state index contributed by atoms with van der Waals surface area (Å²) in [5.41, 5.74) is -0.546. The molecule has 130 valence electrons. The number of hydrogen-bond acceptors (Lipinski definition) is 4. The predicted octanol–water partition coefficient (Wildman–Crippen LogP) is 3.91. The van der Waals surface area contributed by atoms with Crippen LogP contribution in [0.25, 0.3) is 0 Å². The van der Waals surface area contributed by atoms with E-state index in [1.54, 1.807) is 27.6 Å². The van der Waals surface area contributed by atoms with Gasteiger partial charge in [-0.05, 0) is 55.6 Å². The zero-order valence-corrected chi connectivity index (χ0v) is 16.5. The van der Waals surface area contributed by atoms with Crippen LogP contribution in [-0.4, -0.2) is 48.9 Å². The number of hydrogen-bond donors (Lipinski definition) is 0. The summed E-state index contributed by atoms with van der Waals surface area (Å²) in [6.07, 6.45) is 1.06. The molecule has 0 aliphatic carbocycles. The molecule has 0 unspecified atom stereocenters. The fraction of sp³-hybridized carbons (Fsp3) is 0.526. The van der Waals surface area contributed by atoms with E-state index in [4.69, 9.17) is 0 Å². The van der Waals surface area contributed by atoms with Gasteiger partial charge in [0.2, 0.25) is 5.91 Å². The van der Waals surface area contributed by atoms with Crippen LogP contribution in [0.1, 0.15) is 30.0 Å². The van der Waals surface area contributed by atoms with Gasteiger partial charge < -0.3 is 9.80 Å². The Bertz CT molecular complexity index is 627. The van der Waals surface area contributed by atoms with Gasteiger partial charge in [-0.25, -0.2) is 0 Å². The second kappa shape index (κ2) is 6.98. The topological polar surface area (TPSA) is 23.6 Å². The van der Waals surface area contributed by atoms with Crippen molar-refractivity contribution >= 4 is 28.6 Å². The second-order valence-corrected chi connectivity index (χ2v) is 8.93. The fourth-order valence-electron chi connectivity index (χ4n) is 3.88. The number of carbonyl (C=O) groups excluding carboxylic acids is 1. The van der Waals surface area contributed by atoms with E-state index < -0.39 is 5.41 Å². The van der Waals surface area contributed by atoms with Gasteiger partial charge in [-0.2, -0.15) is 0 Å². The molecule has 0 saturated carbocycles. The van der Waals surface area contributed by atoms with E-state index in [9.17, 15) is 4.79 Å². The Balaban J connectivity index is 2.14. The van der Waals surface area contributed by atoms with Crippen molar-refractivity contribution in [2.45, 2.75) is 31.7 Å². The molecule has 3 nitrogen and oxygen atoms in total. The van der Waals surface area contributed by atoms with Crippen LogP contribution in [0, 0.1) is 5.92 Å². The molecule has 0 aromatic carbocycles. The van der Waals surface area contributed by atoms with E-state index in [2.05, 4.69) is 53.8 Å². The SMILES string of the molecule is CC(C)N1CC[C@@H](C(C(=O)N(C)C)(c2cccs2)c2cccs2)C1. The Labute approximate surface area is 152 Å². The molecule has 0 N–H and O–H groups in total. The normalized spacial score (nSPS) is 19.1. The molecule has 5 heteroatoms. The van der Waals surface area contributed by atoms with E-state index in [0.29, 0.717) is 12.0 Å². The summed E-state index contributed by atoms with van der Waals surface area (Å²) in [6.45, 7) is 6.54. The van der Waals surface area contributed by atoms with E-state index in [1.807, 2.05) is 14.1 Å². The van der Waals surface area contributed by atoms with E-state index in [-0.39, 0.29) is 5.91 Å². The lowest BCUT2D eigenvalue weighted by Crippen LogP contribution is -2.50. The lowest BCUT2D eigenvalue weighted by molar-refractivity contribution is -0.135. The van der Waals surface area contributed by atoms with Crippen LogP contribution in [0.15, 0.2) is 35.0 Å². The number of rotatable bonds is 5. The molecule has 3 heterocycles. The van der Waals surface area contributed by atoms with E-state index in [0.717, 1.165) is 19.5 Å². The highest BCUT2D eigenvalue weighted by Crippen LogP contribution is 2.48. The average molecular weight is 363 g/mol. The number of likely N-dealkylation sites (N-methyl/N-ethyl adjacent to an activating group) is 1. The second-order valence-electron chi connectivity index (χ2n) is 7.04. The Kier molecular flexibility index (Phi) is 5.13. The predicted molar refractivity (Wildman–Crippen MR) is 103 cm³/mol. The van der Waals surface area contributed by atoms with Crippen LogP contribution < -0.4 is 0 Å². The third-order valence-corrected chi connectivity index (χ3v) is 7.14. The van der Waals surface area contributed by atoms with Gasteiger partial charge >= 0.3 is 0 Å². The molecule has 1 atom stereocenters. The summed E-state index contributed by atoms with van der Waals surface area (Å²) >= 11 is 3.42. The minimum absolute atomic E-state index is 0.211. The highest BCUT2D eigenvalue weighted by atomic mass is 32.1. The quantitative estimate of drug-likeness (QED) is 0.805. The van der Waals surface area contributed by atoms with Gasteiger partial charge in [0, 0.05) is 36.4 Å². The standard InChI is InChI=1S/C19H26N2OS2/c1-14(2)21-10-9-15(13-21)19(18(22)20(3)4,16-7-5-11-23-16)17-8-6-12-24-17/h5-8,11-12,14-15H,9-10,13H2,1-4H3/t15-/m1/s1. The molecule has 2 aromatic rings. The largest absolute Gasteiger partial charge is 0.348 e. The van der Waals surface area contributed by atoms with Crippen LogP contribution in [0.3, 0.4) is 0 Å². The van der Waals surface area contributed by atoms with Gasteiger partial charge in [-0.15, -0.1) is 22.7 Å². The molecule has 1 saturated heterocycles. The molecule has 1 amide bonds. The van der Waals surface area contributed by atoms with Crippen molar-refractivity contribution in [3.05, 3.63) is 44.8 Å². The zero-order chi connectivity index (χ0) is 17.3. The molecule has 1 fully saturated rings. The lowest BCUT2D eigenvalue weighted by Gasteiger charge is -2.38. The third kappa shape index (κ3) is 2.83. The maximum Gasteiger partial charge on any atom is 0.239 e. The number of thiophene rings is 2. The molecule has 3 rings (SSSR count). The van der Waals surface area contributed by atoms with Crippen LogP contribution in [0.4, 0.5) is 0 Å². The fourth-order valence-corrected chi connectivity index (χ4v) is 5.96. The Hall–Kier alpha value is -1.17. The molecule has 0 bridgehead atoms. The Morgan fingerprint density at radius 2 is 1.79 bits per heavy atom. The van der Waals surface area contributed by atoms with Crippen molar-refractivity contribution in [3.8, 4) is 0 Å². The Morgan fingerprint density at radius 3 is 2.17 bits per heavy atom. The van der Waals surface area contributed by atoms with Crippen molar-refractivity contribution < 1.29 is 4.79 Å². The van der Waals surface area contributed by atoms with Gasteiger partial charge in [0.25, 0.3) is 0 Å². The number of amides is 1. The highest BCUT2D eigenvalue weighted by molar-refractivity contribution is 7.12. The first-order valence-corrected chi connectivity index (χ1v) is 10.3. The van der Waals surface area contributed by atoms with Crippen molar-refractivity contribution in [3.63, 3.8) is 0 Å². The minimum Gasteiger partial charge on any atom is -0.348 e. The van der Waals surface area contributed by atoms with E-state index in [1.165, 1.54) is 9.75 Å². The molecule has 2 aromatic heterocycles. The van der Waals surface area contributed by atoms with Gasteiger partial charge in [0.15, 0.2) is 0 Å². The number of nitrogens with zero attached hydrogens (tertiary/aromatic N) is 2. The molecule has 24 heavy (non-hydrogen) atoms. The smallest absolute Gasteiger partial charge is 0.239 e. The van der Waals surface area contributed by atoms with Crippen molar-refractivity contribution in [1.82, 2.24) is 9.80 Å². The summed E-state index contributed by atoms with van der Waals surface area (Å²) in [7, 11) is 3.76. The lowest BCUT2D eigenvalue weighted by atomic mass is 9.71. The number of likely N-dealkylation sites (tertiary alicyclic amines) is 1. The summed E-state index contributed by atoms with van der Waals surface area (Å²) in [5.74, 6) is 0.523. The molecule has 1 aliphatic heterocycles. The maximum atomic E-state index is 13.5. The van der Waals surface area contributed by atoms with Crippen LogP contribution in [0.5, 0.6) is 0 Å². The first-order valence-electron chi connectivity index (χ1n) is 8.51. The third-order valence-electron chi connectivity index (χ3n) is 5.13. The van der Waals surface area contributed by atoms with Crippen LogP contribution in [-0.2, 0) is 10.2 Å². The monoisotopic (exact) mass is 362 g/mol. The highest BCUT2D eigenvalue weighted by Gasteiger charge is 2.52. The minimum atomic E-state index is -0.546. The van der Waals surface area contributed by atoms with Gasteiger partial charge in [-0.3, -0.25) is 4.79 Å². The van der Waals surface area contributed by atoms with Gasteiger partial charge in [0.05, 0.1) is 0 Å². The molecular formula is C19H26N2OS2. The van der Waals surface area contributed by atoms with E-state index >= 15 is 0 Å². The molecular weight excluding hydrogens is 336 g/mol.